The van der Waals surface area contributed by atoms with Gasteiger partial charge in [-0.1, -0.05) is 0 Å². The zero-order chi connectivity index (χ0) is 12.7. The first kappa shape index (κ1) is 10.6. The largest absolute Gasteiger partial charge is 0.310 e. The normalized spacial score (nSPS) is 11.0. The molecule has 0 atom stereocenters. The number of hydrogen-bond acceptors (Lipinski definition) is 5. The molecule has 90 valence electrons. The number of hydrogen-bond donors (Lipinski definition) is 1. The Hall–Kier alpha value is -2.57. The molecule has 3 heterocycles. The highest BCUT2D eigenvalue weighted by molar-refractivity contribution is 5.74. The van der Waals surface area contributed by atoms with Crippen LogP contribution in [0.1, 0.15) is 11.5 Å². The van der Waals surface area contributed by atoms with E-state index in [0.717, 1.165) is 5.69 Å². The van der Waals surface area contributed by atoms with Crippen LogP contribution in [0.2, 0.25) is 0 Å². The van der Waals surface area contributed by atoms with Crippen LogP contribution in [-0.4, -0.2) is 29.7 Å². The maximum absolute atomic E-state index is 11.7. The first-order chi connectivity index (χ1) is 8.65. The molecular weight excluding hydrogens is 232 g/mol. The monoisotopic (exact) mass is 242 g/mol. The Morgan fingerprint density at radius 1 is 1.28 bits per heavy atom. The highest BCUT2D eigenvalue weighted by Gasteiger charge is 2.11. The summed E-state index contributed by atoms with van der Waals surface area (Å²) in [5.74, 6) is 1.13. The lowest BCUT2D eigenvalue weighted by Gasteiger charge is -2.02. The Balaban J connectivity index is 2.34. The first-order valence-electron chi connectivity index (χ1n) is 5.39. The van der Waals surface area contributed by atoms with Gasteiger partial charge in [-0.05, 0) is 13.8 Å². The second-order valence-corrected chi connectivity index (χ2v) is 3.96. The molecule has 18 heavy (non-hydrogen) atoms. The second-order valence-electron chi connectivity index (χ2n) is 3.96. The van der Waals surface area contributed by atoms with Gasteiger partial charge in [0.05, 0.1) is 6.20 Å². The van der Waals surface area contributed by atoms with Crippen molar-refractivity contribution in [2.45, 2.75) is 13.8 Å². The van der Waals surface area contributed by atoms with Crippen LogP contribution in [0.25, 0.3) is 16.9 Å². The van der Waals surface area contributed by atoms with Crippen LogP contribution in [0.3, 0.4) is 0 Å². The molecule has 0 saturated heterocycles. The molecule has 1 N–H and O–H groups in total. The Morgan fingerprint density at radius 3 is 2.89 bits per heavy atom. The molecule has 0 aliphatic heterocycles. The van der Waals surface area contributed by atoms with Gasteiger partial charge in [-0.15, -0.1) is 0 Å². The van der Waals surface area contributed by atoms with Gasteiger partial charge in [-0.25, -0.2) is 15.0 Å². The molecule has 7 nitrogen and oxygen atoms in total. The van der Waals surface area contributed by atoms with Crippen molar-refractivity contribution < 1.29 is 0 Å². The number of H-pyrrole nitrogens is 1. The van der Waals surface area contributed by atoms with Gasteiger partial charge in [0.15, 0.2) is 11.5 Å². The number of aromatic nitrogens is 6. The van der Waals surface area contributed by atoms with Crippen LogP contribution in [0.4, 0.5) is 0 Å². The van der Waals surface area contributed by atoms with E-state index in [1.807, 2.05) is 6.92 Å². The van der Waals surface area contributed by atoms with Crippen molar-refractivity contribution >= 4 is 11.0 Å². The molecule has 0 aliphatic carbocycles. The molecule has 0 aliphatic rings. The zero-order valence-corrected chi connectivity index (χ0v) is 9.88. The maximum Gasteiger partial charge on any atom is 0.262 e. The molecule has 0 fully saturated rings. The molecule has 0 saturated carbocycles. The van der Waals surface area contributed by atoms with Gasteiger partial charge < -0.3 is 4.98 Å². The topological polar surface area (TPSA) is 89.4 Å². The summed E-state index contributed by atoms with van der Waals surface area (Å²) in [4.78, 5) is 26.8. The van der Waals surface area contributed by atoms with E-state index in [-0.39, 0.29) is 5.56 Å². The highest BCUT2D eigenvalue weighted by Crippen LogP contribution is 2.11. The summed E-state index contributed by atoms with van der Waals surface area (Å²) in [6.07, 6.45) is 2.94. The van der Waals surface area contributed by atoms with Crippen LogP contribution in [0.15, 0.2) is 23.4 Å². The van der Waals surface area contributed by atoms with Crippen LogP contribution in [0, 0.1) is 13.8 Å². The fourth-order valence-electron chi connectivity index (χ4n) is 1.75. The van der Waals surface area contributed by atoms with Crippen molar-refractivity contribution in [3.8, 4) is 5.82 Å². The highest BCUT2D eigenvalue weighted by atomic mass is 16.1. The van der Waals surface area contributed by atoms with Crippen LogP contribution >= 0.6 is 0 Å². The minimum absolute atomic E-state index is 0.200. The quantitative estimate of drug-likeness (QED) is 0.671. The summed E-state index contributed by atoms with van der Waals surface area (Å²) in [5.41, 5.74) is 1.12. The van der Waals surface area contributed by atoms with Gasteiger partial charge >= 0.3 is 0 Å². The number of fused-ring (bicyclic) bond motifs is 1. The van der Waals surface area contributed by atoms with Crippen LogP contribution in [0.5, 0.6) is 0 Å². The third kappa shape index (κ3) is 1.56. The van der Waals surface area contributed by atoms with E-state index in [1.165, 1.54) is 17.2 Å². The first-order valence-corrected chi connectivity index (χ1v) is 5.39. The van der Waals surface area contributed by atoms with Crippen LogP contribution in [-0.2, 0) is 0 Å². The van der Waals surface area contributed by atoms with E-state index in [1.54, 1.807) is 13.0 Å². The van der Waals surface area contributed by atoms with Crippen molar-refractivity contribution in [3.63, 3.8) is 0 Å². The third-order valence-corrected chi connectivity index (χ3v) is 2.56. The van der Waals surface area contributed by atoms with E-state index in [2.05, 4.69) is 25.0 Å². The Bertz CT molecular complexity index is 788. The molecular formula is C11H10N6O. The lowest BCUT2D eigenvalue weighted by atomic mass is 10.4. The van der Waals surface area contributed by atoms with Gasteiger partial charge in [-0.2, -0.15) is 9.78 Å². The summed E-state index contributed by atoms with van der Waals surface area (Å²) >= 11 is 0. The predicted octanol–water partition coefficient (Wildman–Crippen LogP) is 0.516. The Morgan fingerprint density at radius 2 is 2.11 bits per heavy atom. The van der Waals surface area contributed by atoms with E-state index in [4.69, 9.17) is 0 Å². The number of nitrogens with zero attached hydrogens (tertiary/aromatic N) is 5. The van der Waals surface area contributed by atoms with E-state index in [0.29, 0.717) is 22.7 Å². The molecule has 0 bridgehead atoms. The minimum Gasteiger partial charge on any atom is -0.310 e. The third-order valence-electron chi connectivity index (χ3n) is 2.56. The predicted molar refractivity (Wildman–Crippen MR) is 64.5 cm³/mol. The summed E-state index contributed by atoms with van der Waals surface area (Å²) < 4.78 is 1.53. The van der Waals surface area contributed by atoms with Gasteiger partial charge in [0.1, 0.15) is 17.5 Å². The molecule has 0 radical (unpaired) electrons. The Labute approximate surface area is 102 Å². The van der Waals surface area contributed by atoms with Gasteiger partial charge in [0, 0.05) is 11.8 Å². The molecule has 3 aromatic rings. The summed E-state index contributed by atoms with van der Waals surface area (Å²) in [6, 6.07) is 1.78. The van der Waals surface area contributed by atoms with E-state index < -0.39 is 0 Å². The Kier molecular flexibility index (Phi) is 2.19. The molecule has 7 heteroatoms. The second kappa shape index (κ2) is 3.73. The van der Waals surface area contributed by atoms with Crippen LogP contribution < -0.4 is 5.56 Å². The SMILES string of the molecule is Cc1cc(-n2ncc3c(=O)[nH]c(C)nc32)ncn1. The summed E-state index contributed by atoms with van der Waals surface area (Å²) in [6.45, 7) is 3.59. The van der Waals surface area contributed by atoms with E-state index in [9.17, 15) is 4.79 Å². The number of nitrogens with one attached hydrogen (secondary N) is 1. The average molecular weight is 242 g/mol. The van der Waals surface area contributed by atoms with Gasteiger partial charge in [-0.3, -0.25) is 4.79 Å². The molecule has 0 spiro atoms. The number of rotatable bonds is 1. The number of aromatic amines is 1. The molecule has 0 aromatic carbocycles. The average Bonchev–Trinajstić information content (AvgIpc) is 2.72. The fourth-order valence-corrected chi connectivity index (χ4v) is 1.75. The smallest absolute Gasteiger partial charge is 0.262 e. The van der Waals surface area contributed by atoms with Crippen molar-refractivity contribution in [3.05, 3.63) is 40.5 Å². The maximum atomic E-state index is 11.7. The van der Waals surface area contributed by atoms with Crippen molar-refractivity contribution in [2.75, 3.05) is 0 Å². The molecule has 3 rings (SSSR count). The summed E-state index contributed by atoms with van der Waals surface area (Å²) in [7, 11) is 0. The number of aryl methyl sites for hydroxylation is 2. The van der Waals surface area contributed by atoms with Gasteiger partial charge in [0.25, 0.3) is 5.56 Å². The van der Waals surface area contributed by atoms with Gasteiger partial charge in [0.2, 0.25) is 0 Å². The molecule has 0 amide bonds. The zero-order valence-electron chi connectivity index (χ0n) is 9.88. The lowest BCUT2D eigenvalue weighted by molar-refractivity contribution is 0.845. The summed E-state index contributed by atoms with van der Waals surface area (Å²) in [5, 5.41) is 4.59. The van der Waals surface area contributed by atoms with Crippen molar-refractivity contribution in [2.24, 2.45) is 0 Å². The minimum atomic E-state index is -0.200. The van der Waals surface area contributed by atoms with Crippen molar-refractivity contribution in [1.29, 1.82) is 0 Å². The van der Waals surface area contributed by atoms with Crippen molar-refractivity contribution in [1.82, 2.24) is 29.7 Å². The van der Waals surface area contributed by atoms with E-state index >= 15 is 0 Å². The fraction of sp³-hybridized carbons (Fsp3) is 0.182. The standard InChI is InChI=1S/C11H10N6O/c1-6-3-9(13-5-12-6)17-10-8(4-14-17)11(18)16-7(2)15-10/h3-5H,1-2H3,(H,15,16,18). The molecule has 3 aromatic heterocycles. The molecule has 0 unspecified atom stereocenters. The lowest BCUT2D eigenvalue weighted by Crippen LogP contribution is -2.10.